The number of carbonyl (C=O) groups is 2. The Balaban J connectivity index is 2.11. The van der Waals surface area contributed by atoms with E-state index in [9.17, 15) is 19.7 Å². The second-order valence-corrected chi connectivity index (χ2v) is 6.32. The van der Waals surface area contributed by atoms with Crippen LogP contribution in [0.3, 0.4) is 0 Å². The molecule has 2 rings (SSSR count). The second-order valence-electron chi connectivity index (χ2n) is 6.32. The third-order valence-electron chi connectivity index (χ3n) is 4.18. The van der Waals surface area contributed by atoms with Gasteiger partial charge in [-0.3, -0.25) is 14.9 Å². The van der Waals surface area contributed by atoms with Crippen molar-refractivity contribution >= 4 is 23.3 Å². The molecule has 1 aromatic carbocycles. The van der Waals surface area contributed by atoms with Gasteiger partial charge in [-0.2, -0.15) is 0 Å². The molecule has 0 unspecified atom stereocenters. The Morgan fingerprint density at radius 2 is 2.27 bits per heavy atom. The van der Waals surface area contributed by atoms with Crippen molar-refractivity contribution in [2.75, 3.05) is 31.1 Å². The molecule has 1 amide bonds. The van der Waals surface area contributed by atoms with Gasteiger partial charge in [0.05, 0.1) is 10.5 Å². The fourth-order valence-corrected chi connectivity index (χ4v) is 2.92. The van der Waals surface area contributed by atoms with Crippen molar-refractivity contribution in [3.63, 3.8) is 0 Å². The topological polar surface area (TPSA) is 102 Å². The Hall–Kier alpha value is -2.90. The molecule has 1 fully saturated rings. The van der Waals surface area contributed by atoms with Gasteiger partial charge in [-0.25, -0.2) is 4.79 Å². The number of ether oxygens (including phenoxy) is 1. The Morgan fingerprint density at radius 1 is 1.50 bits per heavy atom. The summed E-state index contributed by atoms with van der Waals surface area (Å²) >= 11 is 0. The lowest BCUT2D eigenvalue weighted by atomic mass is 9.99. The number of carbonyl (C=O) groups excluding carboxylic acids is 2. The van der Waals surface area contributed by atoms with Crippen molar-refractivity contribution in [2.24, 2.45) is 5.92 Å². The number of amides is 1. The monoisotopic (exact) mass is 361 g/mol. The van der Waals surface area contributed by atoms with Crippen LogP contribution in [-0.2, 0) is 9.53 Å². The predicted molar refractivity (Wildman–Crippen MR) is 97.2 cm³/mol. The third-order valence-corrected chi connectivity index (χ3v) is 4.18. The summed E-state index contributed by atoms with van der Waals surface area (Å²) in [4.78, 5) is 36.5. The quantitative estimate of drug-likeness (QED) is 0.346. The van der Waals surface area contributed by atoms with Crippen molar-refractivity contribution in [2.45, 2.75) is 19.8 Å². The molecule has 1 saturated heterocycles. The predicted octanol–water partition coefficient (Wildman–Crippen LogP) is 2.29. The minimum atomic E-state index is -0.777. The van der Waals surface area contributed by atoms with E-state index in [1.807, 2.05) is 4.90 Å². The first-order chi connectivity index (χ1) is 12.4. The van der Waals surface area contributed by atoms with E-state index in [0.717, 1.165) is 25.9 Å². The van der Waals surface area contributed by atoms with Crippen LogP contribution < -0.4 is 10.2 Å². The van der Waals surface area contributed by atoms with Crippen LogP contribution in [0.25, 0.3) is 0 Å². The van der Waals surface area contributed by atoms with E-state index in [1.54, 1.807) is 6.07 Å². The Bertz CT molecular complexity index is 704. The Labute approximate surface area is 152 Å². The normalized spacial score (nSPS) is 16.7. The van der Waals surface area contributed by atoms with E-state index in [-0.39, 0.29) is 17.8 Å². The zero-order valence-corrected chi connectivity index (χ0v) is 14.8. The van der Waals surface area contributed by atoms with Crippen molar-refractivity contribution in [3.8, 4) is 0 Å². The van der Waals surface area contributed by atoms with Gasteiger partial charge in [0, 0.05) is 25.7 Å². The molecule has 0 aliphatic carbocycles. The minimum absolute atomic E-state index is 0.0435. The Morgan fingerprint density at radius 3 is 2.92 bits per heavy atom. The van der Waals surface area contributed by atoms with Crippen LogP contribution in [-0.4, -0.2) is 43.0 Å². The van der Waals surface area contributed by atoms with E-state index in [2.05, 4.69) is 18.8 Å². The summed E-state index contributed by atoms with van der Waals surface area (Å²) < 4.78 is 4.90. The highest BCUT2D eigenvalue weighted by Gasteiger charge is 2.25. The van der Waals surface area contributed by atoms with Crippen molar-refractivity contribution < 1.29 is 19.2 Å². The highest BCUT2D eigenvalue weighted by molar-refractivity contribution is 5.93. The molecule has 8 nitrogen and oxygen atoms in total. The number of hydrogen-bond donors (Lipinski definition) is 1. The molecular weight excluding hydrogens is 338 g/mol. The van der Waals surface area contributed by atoms with Crippen LogP contribution in [0.1, 0.15) is 30.1 Å². The van der Waals surface area contributed by atoms with Crippen LogP contribution in [0.5, 0.6) is 0 Å². The number of piperidine rings is 1. The number of nitro groups is 1. The van der Waals surface area contributed by atoms with E-state index in [0.29, 0.717) is 11.6 Å². The largest absolute Gasteiger partial charge is 0.452 e. The maximum Gasteiger partial charge on any atom is 0.338 e. The van der Waals surface area contributed by atoms with Gasteiger partial charge in [0.2, 0.25) is 0 Å². The average molecular weight is 361 g/mol. The molecule has 26 heavy (non-hydrogen) atoms. The summed E-state index contributed by atoms with van der Waals surface area (Å²) in [6, 6.07) is 4.27. The highest BCUT2D eigenvalue weighted by atomic mass is 16.6. The van der Waals surface area contributed by atoms with Gasteiger partial charge in [-0.1, -0.05) is 13.0 Å². The van der Waals surface area contributed by atoms with E-state index in [4.69, 9.17) is 4.74 Å². The number of nitrogens with zero attached hydrogens (tertiary/aromatic N) is 2. The third kappa shape index (κ3) is 5.05. The number of nitrogens with one attached hydrogen (secondary N) is 1. The molecule has 1 heterocycles. The van der Waals surface area contributed by atoms with Gasteiger partial charge in [0.1, 0.15) is 5.69 Å². The van der Waals surface area contributed by atoms with Gasteiger partial charge in [-0.15, -0.1) is 6.58 Å². The van der Waals surface area contributed by atoms with Crippen LogP contribution in [0.4, 0.5) is 11.4 Å². The van der Waals surface area contributed by atoms with Crippen LogP contribution in [0, 0.1) is 16.0 Å². The summed E-state index contributed by atoms with van der Waals surface area (Å²) in [7, 11) is 0. The Kier molecular flexibility index (Phi) is 6.71. The lowest BCUT2D eigenvalue weighted by Crippen LogP contribution is -2.34. The SMILES string of the molecule is C=CCNC(=O)COC(=O)c1ccc(N2CCC[C@H](C)C2)c([N+](=O)[O-])c1. The summed E-state index contributed by atoms with van der Waals surface area (Å²) in [5, 5.41) is 13.9. The van der Waals surface area contributed by atoms with Crippen molar-refractivity contribution in [1.82, 2.24) is 5.32 Å². The van der Waals surface area contributed by atoms with Crippen LogP contribution in [0.15, 0.2) is 30.9 Å². The molecule has 0 saturated carbocycles. The van der Waals surface area contributed by atoms with E-state index in [1.165, 1.54) is 18.2 Å². The number of rotatable bonds is 7. The first-order valence-electron chi connectivity index (χ1n) is 8.50. The number of benzene rings is 1. The zero-order chi connectivity index (χ0) is 19.1. The fourth-order valence-electron chi connectivity index (χ4n) is 2.92. The lowest BCUT2D eigenvalue weighted by Gasteiger charge is -2.32. The van der Waals surface area contributed by atoms with Gasteiger partial charge in [0.25, 0.3) is 11.6 Å². The van der Waals surface area contributed by atoms with Crippen LogP contribution in [0.2, 0.25) is 0 Å². The lowest BCUT2D eigenvalue weighted by molar-refractivity contribution is -0.384. The molecule has 1 atom stereocenters. The molecular formula is C18H23N3O5. The highest BCUT2D eigenvalue weighted by Crippen LogP contribution is 2.32. The molecule has 0 aromatic heterocycles. The molecule has 140 valence electrons. The van der Waals surface area contributed by atoms with Gasteiger partial charge < -0.3 is 15.0 Å². The van der Waals surface area contributed by atoms with Gasteiger partial charge >= 0.3 is 5.97 Å². The maximum absolute atomic E-state index is 12.1. The minimum Gasteiger partial charge on any atom is -0.452 e. The molecule has 0 spiro atoms. The van der Waals surface area contributed by atoms with Crippen molar-refractivity contribution in [1.29, 1.82) is 0 Å². The summed E-state index contributed by atoms with van der Waals surface area (Å²) in [6.07, 6.45) is 3.58. The first kappa shape index (κ1) is 19.4. The standard InChI is InChI=1S/C18H23N3O5/c1-3-8-19-17(22)12-26-18(23)14-6-7-15(16(10-14)21(24)25)20-9-4-5-13(2)11-20/h3,6-7,10,13H,1,4-5,8-9,11-12H2,2H3,(H,19,22)/t13-/m0/s1. The molecule has 1 aromatic rings. The molecule has 8 heteroatoms. The van der Waals surface area contributed by atoms with Crippen LogP contribution >= 0.6 is 0 Å². The van der Waals surface area contributed by atoms with E-state index >= 15 is 0 Å². The molecule has 1 aliphatic heterocycles. The summed E-state index contributed by atoms with van der Waals surface area (Å²) in [5.74, 6) is -0.783. The fraction of sp³-hybridized carbons (Fsp3) is 0.444. The average Bonchev–Trinajstić information content (AvgIpc) is 2.63. The molecule has 1 aliphatic rings. The number of hydrogen-bond acceptors (Lipinski definition) is 6. The first-order valence-corrected chi connectivity index (χ1v) is 8.50. The van der Waals surface area contributed by atoms with E-state index < -0.39 is 23.4 Å². The maximum atomic E-state index is 12.1. The van der Waals surface area contributed by atoms with Crippen molar-refractivity contribution in [3.05, 3.63) is 46.5 Å². The smallest absolute Gasteiger partial charge is 0.338 e. The number of esters is 1. The summed E-state index contributed by atoms with van der Waals surface area (Å²) in [5.41, 5.74) is 0.411. The van der Waals surface area contributed by atoms with Gasteiger partial charge in [-0.05, 0) is 30.9 Å². The zero-order valence-electron chi connectivity index (χ0n) is 14.8. The summed E-state index contributed by atoms with van der Waals surface area (Å²) in [6.45, 7) is 6.88. The molecule has 1 N–H and O–H groups in total. The number of nitro benzene ring substituents is 1. The molecule has 0 radical (unpaired) electrons. The van der Waals surface area contributed by atoms with Gasteiger partial charge in [0.15, 0.2) is 6.61 Å². The molecule has 0 bridgehead atoms. The second kappa shape index (κ2) is 8.98. The number of anilines is 1.